The Labute approximate surface area is 186 Å². The number of fused-ring (bicyclic) bond motifs is 1. The lowest BCUT2D eigenvalue weighted by Gasteiger charge is -2.19. The number of hydrogen-bond donors (Lipinski definition) is 2. The second-order valence-electron chi connectivity index (χ2n) is 7.88. The zero-order valence-corrected chi connectivity index (χ0v) is 18.3. The van der Waals surface area contributed by atoms with Crippen LogP contribution in [0.4, 0.5) is 23.1 Å². The molecule has 1 aliphatic heterocycles. The summed E-state index contributed by atoms with van der Waals surface area (Å²) in [5.74, 6) is 1.37. The quantitative estimate of drug-likeness (QED) is 0.432. The van der Waals surface area contributed by atoms with Crippen molar-refractivity contribution >= 4 is 29.0 Å². The number of nitriles is 1. The van der Waals surface area contributed by atoms with E-state index in [0.717, 1.165) is 47.0 Å². The van der Waals surface area contributed by atoms with Crippen LogP contribution in [0, 0.1) is 18.4 Å². The molecule has 1 aromatic carbocycles. The molecule has 10 nitrogen and oxygen atoms in total. The standard InChI is InChI=1S/C22H25N9O/c1-15-19-7-8-30(11-16-5-4-6-17(9-16)24-14-23)21(19)28-22(26-15)27-18-10-25-31(12-18)13-20(32)29(2)3/h4-6,9-10,12,24H,7-8,11,13H2,1-3H3,(H,26,27,28). The molecule has 1 amide bonds. The number of nitrogens with one attached hydrogen (secondary N) is 2. The van der Waals surface area contributed by atoms with Crippen molar-refractivity contribution in [3.8, 4) is 6.19 Å². The fraction of sp³-hybridized carbons (Fsp3) is 0.318. The molecule has 2 aromatic heterocycles. The first-order valence-corrected chi connectivity index (χ1v) is 10.3. The van der Waals surface area contributed by atoms with Gasteiger partial charge in [0, 0.05) is 50.3 Å². The van der Waals surface area contributed by atoms with Crippen molar-refractivity contribution in [2.75, 3.05) is 36.2 Å². The van der Waals surface area contributed by atoms with E-state index in [0.29, 0.717) is 12.5 Å². The number of benzene rings is 1. The summed E-state index contributed by atoms with van der Waals surface area (Å²) < 4.78 is 1.58. The van der Waals surface area contributed by atoms with Gasteiger partial charge in [-0.2, -0.15) is 15.3 Å². The van der Waals surface area contributed by atoms with Crippen molar-refractivity contribution < 1.29 is 4.79 Å². The number of hydrogen-bond acceptors (Lipinski definition) is 8. The minimum atomic E-state index is -0.0334. The van der Waals surface area contributed by atoms with Gasteiger partial charge in [-0.25, -0.2) is 4.98 Å². The highest BCUT2D eigenvalue weighted by Gasteiger charge is 2.24. The summed E-state index contributed by atoms with van der Waals surface area (Å²) in [5, 5.41) is 19.0. The third-order valence-electron chi connectivity index (χ3n) is 5.31. The Kier molecular flexibility index (Phi) is 5.89. The van der Waals surface area contributed by atoms with E-state index in [1.54, 1.807) is 31.2 Å². The lowest BCUT2D eigenvalue weighted by atomic mass is 10.2. The van der Waals surface area contributed by atoms with Crippen LogP contribution in [0.1, 0.15) is 16.8 Å². The van der Waals surface area contributed by atoms with Crippen molar-refractivity contribution in [3.63, 3.8) is 0 Å². The lowest BCUT2D eigenvalue weighted by Crippen LogP contribution is -2.26. The van der Waals surface area contributed by atoms with Gasteiger partial charge < -0.3 is 15.1 Å². The topological polar surface area (TPSA) is 115 Å². The average molecular weight is 432 g/mol. The van der Waals surface area contributed by atoms with Gasteiger partial charge in [-0.3, -0.25) is 14.8 Å². The van der Waals surface area contributed by atoms with Gasteiger partial charge in [0.25, 0.3) is 0 Å². The number of carbonyl (C=O) groups excluding carboxylic acids is 1. The molecule has 3 aromatic rings. The Morgan fingerprint density at radius 1 is 1.28 bits per heavy atom. The number of carbonyl (C=O) groups is 1. The van der Waals surface area contributed by atoms with Crippen molar-refractivity contribution in [1.82, 2.24) is 24.6 Å². The molecule has 0 aliphatic carbocycles. The minimum Gasteiger partial charge on any atom is -0.352 e. The third kappa shape index (κ3) is 4.62. The summed E-state index contributed by atoms with van der Waals surface area (Å²) in [6, 6.07) is 7.81. The largest absolute Gasteiger partial charge is 0.352 e. The molecule has 2 N–H and O–H groups in total. The molecule has 0 fully saturated rings. The SMILES string of the molecule is Cc1nc(Nc2cnn(CC(=O)N(C)C)c2)nc2c1CCN2Cc1cccc(NC#N)c1. The van der Waals surface area contributed by atoms with Crippen LogP contribution in [0.3, 0.4) is 0 Å². The monoisotopic (exact) mass is 431 g/mol. The van der Waals surface area contributed by atoms with Crippen LogP contribution in [-0.2, 0) is 24.3 Å². The second-order valence-corrected chi connectivity index (χ2v) is 7.88. The maximum Gasteiger partial charge on any atom is 0.243 e. The van der Waals surface area contributed by atoms with Crippen molar-refractivity contribution in [3.05, 3.63) is 53.5 Å². The molecular weight excluding hydrogens is 406 g/mol. The zero-order valence-electron chi connectivity index (χ0n) is 18.3. The summed E-state index contributed by atoms with van der Waals surface area (Å²) in [6.07, 6.45) is 6.26. The van der Waals surface area contributed by atoms with Crippen LogP contribution in [0.15, 0.2) is 36.7 Å². The number of likely N-dealkylation sites (N-methyl/N-ethyl adjacent to an activating group) is 1. The maximum absolute atomic E-state index is 11.9. The average Bonchev–Trinajstić information content (AvgIpc) is 3.36. The molecule has 0 saturated carbocycles. The van der Waals surface area contributed by atoms with E-state index in [2.05, 4.69) is 25.6 Å². The molecule has 1 aliphatic rings. The molecule has 0 bridgehead atoms. The summed E-state index contributed by atoms with van der Waals surface area (Å²) in [7, 11) is 3.43. The molecule has 164 valence electrons. The van der Waals surface area contributed by atoms with Crippen LogP contribution in [0.2, 0.25) is 0 Å². The lowest BCUT2D eigenvalue weighted by molar-refractivity contribution is -0.129. The normalized spacial score (nSPS) is 12.2. The first-order valence-electron chi connectivity index (χ1n) is 10.3. The third-order valence-corrected chi connectivity index (χ3v) is 5.31. The fourth-order valence-corrected chi connectivity index (χ4v) is 3.65. The van der Waals surface area contributed by atoms with Gasteiger partial charge in [0.05, 0.1) is 11.9 Å². The zero-order chi connectivity index (χ0) is 22.7. The highest BCUT2D eigenvalue weighted by atomic mass is 16.2. The smallest absolute Gasteiger partial charge is 0.243 e. The van der Waals surface area contributed by atoms with Crippen LogP contribution in [0.25, 0.3) is 0 Å². The Bertz CT molecular complexity index is 1180. The molecule has 3 heterocycles. The summed E-state index contributed by atoms with van der Waals surface area (Å²) in [6.45, 7) is 3.71. The van der Waals surface area contributed by atoms with Gasteiger partial charge in [-0.05, 0) is 31.0 Å². The fourth-order valence-electron chi connectivity index (χ4n) is 3.65. The van der Waals surface area contributed by atoms with Crippen molar-refractivity contribution in [1.29, 1.82) is 5.26 Å². The molecule has 10 heteroatoms. The predicted octanol–water partition coefficient (Wildman–Crippen LogP) is 2.27. The number of rotatable bonds is 7. The molecular formula is C22H25N9O. The van der Waals surface area contributed by atoms with Gasteiger partial charge in [-0.1, -0.05) is 12.1 Å². The predicted molar refractivity (Wildman–Crippen MR) is 121 cm³/mol. The van der Waals surface area contributed by atoms with Gasteiger partial charge in [0.2, 0.25) is 11.9 Å². The highest BCUT2D eigenvalue weighted by Crippen LogP contribution is 2.31. The molecule has 0 spiro atoms. The summed E-state index contributed by atoms with van der Waals surface area (Å²) in [5.41, 5.74) is 4.67. The summed E-state index contributed by atoms with van der Waals surface area (Å²) in [4.78, 5) is 25.0. The first kappa shape index (κ1) is 21.1. The molecule has 0 radical (unpaired) electrons. The second kappa shape index (κ2) is 8.93. The van der Waals surface area contributed by atoms with E-state index < -0.39 is 0 Å². The van der Waals surface area contributed by atoms with Crippen LogP contribution in [0.5, 0.6) is 0 Å². The van der Waals surface area contributed by atoms with E-state index in [1.807, 2.05) is 37.4 Å². The Morgan fingerprint density at radius 2 is 2.12 bits per heavy atom. The number of nitrogens with zero attached hydrogens (tertiary/aromatic N) is 7. The van der Waals surface area contributed by atoms with Crippen LogP contribution >= 0.6 is 0 Å². The van der Waals surface area contributed by atoms with Gasteiger partial charge in [0.1, 0.15) is 12.4 Å². The number of aryl methyl sites for hydroxylation is 1. The van der Waals surface area contributed by atoms with Crippen molar-refractivity contribution in [2.24, 2.45) is 0 Å². The molecule has 0 saturated heterocycles. The van der Waals surface area contributed by atoms with Gasteiger partial charge in [-0.15, -0.1) is 0 Å². The summed E-state index contributed by atoms with van der Waals surface area (Å²) >= 11 is 0. The number of amides is 1. The van der Waals surface area contributed by atoms with E-state index >= 15 is 0 Å². The Hall–Kier alpha value is -4.13. The molecule has 4 rings (SSSR count). The van der Waals surface area contributed by atoms with Gasteiger partial charge >= 0.3 is 0 Å². The maximum atomic E-state index is 11.9. The molecule has 32 heavy (non-hydrogen) atoms. The van der Waals surface area contributed by atoms with E-state index in [9.17, 15) is 4.79 Å². The van der Waals surface area contributed by atoms with Crippen LogP contribution in [-0.4, -0.2) is 51.2 Å². The van der Waals surface area contributed by atoms with Gasteiger partial charge in [0.15, 0.2) is 6.19 Å². The molecule has 0 unspecified atom stereocenters. The van der Waals surface area contributed by atoms with E-state index in [4.69, 9.17) is 10.2 Å². The van der Waals surface area contributed by atoms with E-state index in [1.165, 1.54) is 4.90 Å². The number of anilines is 4. The van der Waals surface area contributed by atoms with Crippen LogP contribution < -0.4 is 15.5 Å². The molecule has 0 atom stereocenters. The van der Waals surface area contributed by atoms with Crippen molar-refractivity contribution in [2.45, 2.75) is 26.4 Å². The highest BCUT2D eigenvalue weighted by molar-refractivity contribution is 5.75. The van der Waals surface area contributed by atoms with E-state index in [-0.39, 0.29) is 12.5 Å². The minimum absolute atomic E-state index is 0.0334. The Balaban J connectivity index is 1.51. The Morgan fingerprint density at radius 3 is 2.91 bits per heavy atom. The first-order chi connectivity index (χ1) is 15.4. The number of aromatic nitrogens is 4.